The van der Waals surface area contributed by atoms with E-state index in [-0.39, 0.29) is 0 Å². The smallest absolute Gasteiger partial charge is 0.199 e. The Kier molecular flexibility index (Phi) is 2.64. The largest absolute Gasteiger partial charge is 0.369 e. The van der Waals surface area contributed by atoms with Crippen LogP contribution in [0.15, 0.2) is 31.0 Å². The van der Waals surface area contributed by atoms with Crippen molar-refractivity contribution in [2.75, 3.05) is 11.9 Å². The molecular weight excluding hydrogens is 252 g/mol. The van der Waals surface area contributed by atoms with Crippen molar-refractivity contribution in [1.82, 2.24) is 24.1 Å². The lowest BCUT2D eigenvalue weighted by Crippen LogP contribution is -2.07. The average Bonchev–Trinajstić information content (AvgIpc) is 2.97. The summed E-state index contributed by atoms with van der Waals surface area (Å²) in [5.41, 5.74) is 0.733. The van der Waals surface area contributed by atoms with Crippen LogP contribution in [0.5, 0.6) is 0 Å². The molecular formula is C11H11ClN6. The summed E-state index contributed by atoms with van der Waals surface area (Å²) >= 11 is 5.88. The van der Waals surface area contributed by atoms with Gasteiger partial charge in [0.15, 0.2) is 11.5 Å². The van der Waals surface area contributed by atoms with Gasteiger partial charge < -0.3 is 9.72 Å². The maximum atomic E-state index is 5.88. The van der Waals surface area contributed by atoms with E-state index in [4.69, 9.17) is 11.6 Å². The van der Waals surface area contributed by atoms with Crippen LogP contribution in [0, 0.1) is 0 Å². The number of nitrogens with zero attached hydrogens (tertiary/aromatic N) is 5. The summed E-state index contributed by atoms with van der Waals surface area (Å²) in [6, 6.07) is 0. The van der Waals surface area contributed by atoms with E-state index in [1.165, 1.54) is 0 Å². The molecule has 3 rings (SSSR count). The van der Waals surface area contributed by atoms with Gasteiger partial charge in [-0.25, -0.2) is 14.6 Å². The molecule has 0 unspecified atom stereocenters. The molecule has 0 aromatic carbocycles. The summed E-state index contributed by atoms with van der Waals surface area (Å²) in [5, 5.41) is 7.90. The molecule has 0 atom stereocenters. The minimum atomic E-state index is 0.565. The zero-order valence-corrected chi connectivity index (χ0v) is 10.5. The summed E-state index contributed by atoms with van der Waals surface area (Å²) in [5.74, 6) is 1.41. The van der Waals surface area contributed by atoms with Crippen molar-refractivity contribution < 1.29 is 0 Å². The van der Waals surface area contributed by atoms with E-state index in [1.807, 2.05) is 23.7 Å². The number of nitrogens with one attached hydrogen (secondary N) is 1. The van der Waals surface area contributed by atoms with E-state index in [0.29, 0.717) is 10.8 Å². The van der Waals surface area contributed by atoms with Gasteiger partial charge in [-0.05, 0) is 6.92 Å². The van der Waals surface area contributed by atoms with Crippen molar-refractivity contribution in [1.29, 1.82) is 0 Å². The molecule has 1 N–H and O–H groups in total. The monoisotopic (exact) mass is 262 g/mol. The van der Waals surface area contributed by atoms with E-state index in [0.717, 1.165) is 18.0 Å². The lowest BCUT2D eigenvalue weighted by atomic mass is 10.5. The van der Waals surface area contributed by atoms with Crippen LogP contribution < -0.4 is 5.32 Å². The molecule has 0 aliphatic carbocycles. The second-order valence-corrected chi connectivity index (χ2v) is 4.18. The van der Waals surface area contributed by atoms with Crippen molar-refractivity contribution in [2.24, 2.45) is 0 Å². The van der Waals surface area contributed by atoms with Gasteiger partial charge in [0.1, 0.15) is 5.82 Å². The number of rotatable bonds is 3. The van der Waals surface area contributed by atoms with Crippen LogP contribution in [-0.2, 0) is 0 Å². The lowest BCUT2D eigenvalue weighted by Gasteiger charge is -2.07. The first-order chi connectivity index (χ1) is 8.78. The van der Waals surface area contributed by atoms with Gasteiger partial charge in [0.25, 0.3) is 0 Å². The standard InChI is InChI=1S/C11H11ClN6/c1-2-13-9-7-17-4-3-14-10(17)11(16-9)18-6-8(12)5-15-18/h3-7,13H,2H2,1H3. The summed E-state index contributed by atoms with van der Waals surface area (Å²) < 4.78 is 3.52. The van der Waals surface area contributed by atoms with E-state index in [1.54, 1.807) is 23.3 Å². The van der Waals surface area contributed by atoms with E-state index >= 15 is 0 Å². The summed E-state index contributed by atoms with van der Waals surface area (Å²) in [6.07, 6.45) is 8.76. The van der Waals surface area contributed by atoms with Gasteiger partial charge >= 0.3 is 0 Å². The second-order valence-electron chi connectivity index (χ2n) is 3.74. The first-order valence-electron chi connectivity index (χ1n) is 5.56. The quantitative estimate of drug-likeness (QED) is 0.784. The Morgan fingerprint density at radius 3 is 3.00 bits per heavy atom. The molecule has 0 amide bonds. The third-order valence-corrected chi connectivity index (χ3v) is 2.68. The number of hydrogen-bond acceptors (Lipinski definition) is 4. The molecule has 0 aliphatic heterocycles. The molecule has 0 bridgehead atoms. The normalized spacial score (nSPS) is 11.0. The van der Waals surface area contributed by atoms with Gasteiger partial charge in [-0.3, -0.25) is 0 Å². The van der Waals surface area contributed by atoms with Crippen molar-refractivity contribution in [3.63, 3.8) is 0 Å². The number of hydrogen-bond donors (Lipinski definition) is 1. The molecule has 3 heterocycles. The Morgan fingerprint density at radius 2 is 2.28 bits per heavy atom. The third kappa shape index (κ3) is 1.80. The van der Waals surface area contributed by atoms with Crippen LogP contribution >= 0.6 is 11.6 Å². The lowest BCUT2D eigenvalue weighted by molar-refractivity contribution is 0.841. The molecule has 18 heavy (non-hydrogen) atoms. The highest BCUT2D eigenvalue weighted by molar-refractivity contribution is 6.30. The van der Waals surface area contributed by atoms with Gasteiger partial charge in [-0.2, -0.15) is 5.10 Å². The van der Waals surface area contributed by atoms with Gasteiger partial charge in [-0.15, -0.1) is 0 Å². The van der Waals surface area contributed by atoms with E-state index in [9.17, 15) is 0 Å². The Hall–Kier alpha value is -2.08. The molecule has 0 spiro atoms. The summed E-state index contributed by atoms with van der Waals surface area (Å²) in [6.45, 7) is 2.82. The molecule has 3 aromatic rings. The minimum Gasteiger partial charge on any atom is -0.369 e. The number of halogens is 1. The highest BCUT2D eigenvalue weighted by Crippen LogP contribution is 2.17. The fraction of sp³-hybridized carbons (Fsp3) is 0.182. The van der Waals surface area contributed by atoms with E-state index in [2.05, 4.69) is 20.4 Å². The summed E-state index contributed by atoms with van der Waals surface area (Å²) in [4.78, 5) is 8.77. The molecule has 0 saturated carbocycles. The third-order valence-electron chi connectivity index (χ3n) is 2.48. The number of fused-ring (bicyclic) bond motifs is 1. The van der Waals surface area contributed by atoms with Crippen LogP contribution in [-0.4, -0.2) is 30.7 Å². The van der Waals surface area contributed by atoms with Crippen LogP contribution in [0.3, 0.4) is 0 Å². The highest BCUT2D eigenvalue weighted by atomic mass is 35.5. The van der Waals surface area contributed by atoms with Crippen LogP contribution in [0.1, 0.15) is 6.92 Å². The van der Waals surface area contributed by atoms with Crippen LogP contribution in [0.25, 0.3) is 11.5 Å². The fourth-order valence-corrected chi connectivity index (χ4v) is 1.89. The number of imidazole rings is 1. The molecule has 0 radical (unpaired) electrons. The molecule has 7 heteroatoms. The van der Waals surface area contributed by atoms with Gasteiger partial charge in [-0.1, -0.05) is 11.6 Å². The second kappa shape index (κ2) is 4.30. The molecule has 0 aliphatic rings. The molecule has 92 valence electrons. The SMILES string of the molecule is CCNc1cn2ccnc2c(-n2cc(Cl)cn2)n1. The Morgan fingerprint density at radius 1 is 1.39 bits per heavy atom. The van der Waals surface area contributed by atoms with E-state index < -0.39 is 0 Å². The fourth-order valence-electron chi connectivity index (χ4n) is 1.75. The number of aromatic nitrogens is 5. The zero-order valence-electron chi connectivity index (χ0n) is 9.71. The van der Waals surface area contributed by atoms with Gasteiger partial charge in [0.2, 0.25) is 0 Å². The highest BCUT2D eigenvalue weighted by Gasteiger charge is 2.10. The molecule has 3 aromatic heterocycles. The zero-order chi connectivity index (χ0) is 12.5. The summed E-state index contributed by atoms with van der Waals surface area (Å²) in [7, 11) is 0. The molecule has 6 nitrogen and oxygen atoms in total. The molecule has 0 saturated heterocycles. The van der Waals surface area contributed by atoms with Crippen LogP contribution in [0.4, 0.5) is 5.82 Å². The number of anilines is 1. The van der Waals surface area contributed by atoms with Crippen molar-refractivity contribution in [2.45, 2.75) is 6.92 Å². The van der Waals surface area contributed by atoms with Crippen LogP contribution in [0.2, 0.25) is 5.02 Å². The van der Waals surface area contributed by atoms with Crippen molar-refractivity contribution in [3.05, 3.63) is 36.0 Å². The van der Waals surface area contributed by atoms with Crippen molar-refractivity contribution in [3.8, 4) is 5.82 Å². The average molecular weight is 263 g/mol. The minimum absolute atomic E-state index is 0.565. The van der Waals surface area contributed by atoms with Gasteiger partial charge in [0, 0.05) is 18.9 Å². The maximum absolute atomic E-state index is 5.88. The first kappa shape index (κ1) is 11.0. The Balaban J connectivity index is 2.22. The predicted molar refractivity (Wildman–Crippen MR) is 69.3 cm³/mol. The Bertz CT molecular complexity index is 686. The predicted octanol–water partition coefficient (Wildman–Crippen LogP) is 2.00. The maximum Gasteiger partial charge on any atom is 0.199 e. The van der Waals surface area contributed by atoms with Gasteiger partial charge in [0.05, 0.1) is 23.6 Å². The topological polar surface area (TPSA) is 60.0 Å². The molecule has 0 fully saturated rings. The van der Waals surface area contributed by atoms with Crippen molar-refractivity contribution >= 4 is 23.1 Å². The first-order valence-corrected chi connectivity index (χ1v) is 5.94. The Labute approximate surface area is 108 Å².